The molecule has 28 heavy (non-hydrogen) atoms. The van der Waals surface area contributed by atoms with E-state index < -0.39 is 15.7 Å². The van der Waals surface area contributed by atoms with Crippen molar-refractivity contribution in [2.75, 3.05) is 5.32 Å². The van der Waals surface area contributed by atoms with Gasteiger partial charge in [0.05, 0.1) is 33.5 Å². The predicted molar refractivity (Wildman–Crippen MR) is 109 cm³/mol. The number of fused-ring (bicyclic) bond motifs is 1. The van der Waals surface area contributed by atoms with Crippen LogP contribution in [0.4, 0.5) is 5.82 Å². The number of carbonyl (C=O) groups excluding carboxylic acids is 1. The summed E-state index contributed by atoms with van der Waals surface area (Å²) in [5.41, 5.74) is 4.16. The Morgan fingerprint density at radius 2 is 1.89 bits per heavy atom. The van der Waals surface area contributed by atoms with E-state index in [1.807, 2.05) is 32.0 Å². The van der Waals surface area contributed by atoms with Crippen molar-refractivity contribution in [2.24, 2.45) is 0 Å². The van der Waals surface area contributed by atoms with E-state index in [1.54, 1.807) is 28.9 Å². The van der Waals surface area contributed by atoms with E-state index in [9.17, 15) is 13.2 Å². The third-order valence-corrected chi connectivity index (χ3v) is 6.49. The summed E-state index contributed by atoms with van der Waals surface area (Å²) in [6, 6.07) is 12.6. The van der Waals surface area contributed by atoms with Crippen LogP contribution in [0.1, 0.15) is 32.7 Å². The molecule has 1 aliphatic heterocycles. The smallest absolute Gasteiger partial charge is 0.258 e. The lowest BCUT2D eigenvalue weighted by molar-refractivity contribution is 0.102. The van der Waals surface area contributed by atoms with Crippen LogP contribution < -0.4 is 5.32 Å². The van der Waals surface area contributed by atoms with Gasteiger partial charge in [0.1, 0.15) is 5.82 Å². The van der Waals surface area contributed by atoms with Gasteiger partial charge in [-0.2, -0.15) is 5.10 Å². The molecule has 0 aliphatic carbocycles. The highest BCUT2D eigenvalue weighted by Crippen LogP contribution is 2.34. The van der Waals surface area contributed by atoms with Crippen molar-refractivity contribution < 1.29 is 13.2 Å². The van der Waals surface area contributed by atoms with Crippen molar-refractivity contribution in [1.29, 1.82) is 0 Å². The number of carbonyl (C=O) groups is 1. The number of nitrogens with zero attached hydrogens (tertiary/aromatic N) is 2. The fraction of sp³-hybridized carbons (Fsp3) is 0.200. The number of benzene rings is 2. The molecular weight excluding hydrogens is 398 g/mol. The molecule has 2 heterocycles. The summed E-state index contributed by atoms with van der Waals surface area (Å²) in [6.45, 7) is 3.94. The highest BCUT2D eigenvalue weighted by atomic mass is 35.5. The molecule has 0 bridgehead atoms. The Morgan fingerprint density at radius 1 is 1.14 bits per heavy atom. The normalized spacial score (nSPS) is 14.7. The fourth-order valence-electron chi connectivity index (χ4n) is 3.41. The molecule has 0 atom stereocenters. The predicted octanol–water partition coefficient (Wildman–Crippen LogP) is 3.82. The quantitative estimate of drug-likeness (QED) is 0.705. The zero-order valence-corrected chi connectivity index (χ0v) is 16.9. The molecule has 144 valence electrons. The first kappa shape index (κ1) is 18.7. The van der Waals surface area contributed by atoms with Gasteiger partial charge in [-0.1, -0.05) is 41.4 Å². The number of sulfone groups is 1. The molecule has 1 aromatic heterocycles. The molecule has 0 spiro atoms. The van der Waals surface area contributed by atoms with Crippen LogP contribution in [-0.2, 0) is 21.3 Å². The zero-order valence-electron chi connectivity index (χ0n) is 15.4. The summed E-state index contributed by atoms with van der Waals surface area (Å²) >= 11 is 6.14. The molecule has 3 aromatic rings. The number of aromatic nitrogens is 2. The Balaban J connectivity index is 1.83. The molecule has 0 saturated carbocycles. The maximum Gasteiger partial charge on any atom is 0.258 e. The molecule has 0 unspecified atom stereocenters. The molecule has 8 heteroatoms. The Kier molecular flexibility index (Phi) is 4.51. The molecule has 4 rings (SSSR count). The minimum atomic E-state index is -3.26. The highest BCUT2D eigenvalue weighted by Gasteiger charge is 2.33. The average Bonchev–Trinajstić information content (AvgIpc) is 3.08. The first-order valence-corrected chi connectivity index (χ1v) is 10.9. The molecular formula is C20H18ClN3O3S. The molecule has 1 aliphatic rings. The van der Waals surface area contributed by atoms with Gasteiger partial charge in [-0.15, -0.1) is 0 Å². The molecule has 2 aromatic carbocycles. The molecule has 1 N–H and O–H groups in total. The standard InChI is InChI=1S/C20H18ClN3O3S/c1-12-7-8-18(13(2)9-12)24-19(15-10-28(26,27)11-17(15)23-24)22-20(25)14-5-3-4-6-16(14)21/h3-9H,10-11H2,1-2H3,(H,22,25). The van der Waals surface area contributed by atoms with Crippen molar-refractivity contribution in [2.45, 2.75) is 25.4 Å². The number of hydrogen-bond acceptors (Lipinski definition) is 4. The monoisotopic (exact) mass is 415 g/mol. The van der Waals surface area contributed by atoms with Crippen molar-refractivity contribution in [1.82, 2.24) is 9.78 Å². The number of hydrogen-bond donors (Lipinski definition) is 1. The fourth-order valence-corrected chi connectivity index (χ4v) is 5.12. The van der Waals surface area contributed by atoms with Crippen molar-refractivity contribution >= 4 is 33.2 Å². The summed E-state index contributed by atoms with van der Waals surface area (Å²) in [6.07, 6.45) is 0. The third kappa shape index (κ3) is 3.31. The SMILES string of the molecule is Cc1ccc(-n2nc3c(c2NC(=O)c2ccccc2Cl)CS(=O)(=O)C3)c(C)c1. The molecule has 0 saturated heterocycles. The second kappa shape index (κ2) is 6.76. The first-order chi connectivity index (χ1) is 13.2. The zero-order chi connectivity index (χ0) is 20.1. The van der Waals surface area contributed by atoms with Gasteiger partial charge in [0.25, 0.3) is 5.91 Å². The lowest BCUT2D eigenvalue weighted by atomic mass is 10.1. The largest absolute Gasteiger partial charge is 0.306 e. The minimum absolute atomic E-state index is 0.130. The molecule has 1 amide bonds. The van der Waals surface area contributed by atoms with E-state index in [-0.39, 0.29) is 11.5 Å². The Morgan fingerprint density at radius 3 is 2.61 bits per heavy atom. The topological polar surface area (TPSA) is 81.1 Å². The highest BCUT2D eigenvalue weighted by molar-refractivity contribution is 7.90. The van der Waals surface area contributed by atoms with E-state index in [4.69, 9.17) is 11.6 Å². The van der Waals surface area contributed by atoms with Crippen molar-refractivity contribution in [3.05, 3.63) is 75.4 Å². The van der Waals surface area contributed by atoms with Crippen LogP contribution in [0.2, 0.25) is 5.02 Å². The van der Waals surface area contributed by atoms with E-state index in [2.05, 4.69) is 10.4 Å². The molecule has 6 nitrogen and oxygen atoms in total. The van der Waals surface area contributed by atoms with E-state index in [0.717, 1.165) is 16.8 Å². The first-order valence-electron chi connectivity index (χ1n) is 8.70. The summed E-state index contributed by atoms with van der Waals surface area (Å²) in [7, 11) is -3.26. The van der Waals surface area contributed by atoms with Crippen LogP contribution in [0.15, 0.2) is 42.5 Å². The van der Waals surface area contributed by atoms with Crippen LogP contribution in [0.3, 0.4) is 0 Å². The van der Waals surface area contributed by atoms with Gasteiger partial charge in [-0.25, -0.2) is 13.1 Å². The average molecular weight is 416 g/mol. The number of aryl methyl sites for hydroxylation is 2. The second-order valence-electron chi connectivity index (χ2n) is 6.94. The van der Waals surface area contributed by atoms with E-state index in [0.29, 0.717) is 27.7 Å². The van der Waals surface area contributed by atoms with Gasteiger partial charge in [-0.05, 0) is 37.6 Å². The van der Waals surface area contributed by atoms with Gasteiger partial charge in [0.2, 0.25) is 0 Å². The van der Waals surface area contributed by atoms with Crippen LogP contribution in [0, 0.1) is 13.8 Å². The van der Waals surface area contributed by atoms with Gasteiger partial charge < -0.3 is 5.32 Å². The van der Waals surface area contributed by atoms with E-state index >= 15 is 0 Å². The van der Waals surface area contributed by atoms with Crippen molar-refractivity contribution in [3.63, 3.8) is 0 Å². The number of nitrogens with one attached hydrogen (secondary N) is 1. The lowest BCUT2D eigenvalue weighted by Gasteiger charge is -2.14. The van der Waals surface area contributed by atoms with Crippen molar-refractivity contribution in [3.8, 4) is 5.69 Å². The van der Waals surface area contributed by atoms with Gasteiger partial charge in [-0.3, -0.25) is 4.79 Å². The Bertz CT molecular complexity index is 1220. The summed E-state index contributed by atoms with van der Waals surface area (Å²) in [5, 5.41) is 7.67. The Hall–Kier alpha value is -2.64. The van der Waals surface area contributed by atoms with Crippen LogP contribution in [-0.4, -0.2) is 24.1 Å². The third-order valence-electron chi connectivity index (χ3n) is 4.72. The van der Waals surface area contributed by atoms with Gasteiger partial charge in [0, 0.05) is 5.56 Å². The van der Waals surface area contributed by atoms with Crippen LogP contribution >= 0.6 is 11.6 Å². The maximum absolute atomic E-state index is 12.8. The molecule has 0 radical (unpaired) electrons. The second-order valence-corrected chi connectivity index (χ2v) is 9.41. The minimum Gasteiger partial charge on any atom is -0.306 e. The maximum atomic E-state index is 12.8. The van der Waals surface area contributed by atoms with Crippen LogP contribution in [0.5, 0.6) is 0 Å². The summed E-state index contributed by atoms with van der Waals surface area (Å²) in [4.78, 5) is 12.8. The number of rotatable bonds is 3. The molecule has 0 fully saturated rings. The summed E-state index contributed by atoms with van der Waals surface area (Å²) in [5.74, 6) is -0.322. The summed E-state index contributed by atoms with van der Waals surface area (Å²) < 4.78 is 25.8. The van der Waals surface area contributed by atoms with Gasteiger partial charge >= 0.3 is 0 Å². The number of amides is 1. The Labute approximate surface area is 168 Å². The lowest BCUT2D eigenvalue weighted by Crippen LogP contribution is -2.17. The van der Waals surface area contributed by atoms with Crippen LogP contribution in [0.25, 0.3) is 5.69 Å². The number of anilines is 1. The number of halogens is 1. The van der Waals surface area contributed by atoms with E-state index in [1.165, 1.54) is 0 Å². The van der Waals surface area contributed by atoms with Gasteiger partial charge in [0.15, 0.2) is 9.84 Å².